The summed E-state index contributed by atoms with van der Waals surface area (Å²) in [6, 6.07) is 0. The molecule has 0 spiro atoms. The van der Waals surface area contributed by atoms with Gasteiger partial charge in [-0.15, -0.1) is 4.39 Å². The summed E-state index contributed by atoms with van der Waals surface area (Å²) in [5.74, 6) is 0. The van der Waals surface area contributed by atoms with Gasteiger partial charge < -0.3 is 0 Å². The van der Waals surface area contributed by atoms with Crippen LogP contribution in [0.3, 0.4) is 0 Å². The first-order chi connectivity index (χ1) is 8.24. The monoisotopic (exact) mass is 318 g/mol. The predicted octanol–water partition coefficient (Wildman–Crippen LogP) is 4.84. The molecular formula is C9H18F7N2P. The summed E-state index contributed by atoms with van der Waals surface area (Å²) in [6.45, 7) is 7.28. The van der Waals surface area contributed by atoms with E-state index in [0.717, 1.165) is 39.0 Å². The molecule has 1 fully saturated rings. The van der Waals surface area contributed by atoms with Gasteiger partial charge in [-0.05, 0) is 26.7 Å². The van der Waals surface area contributed by atoms with E-state index < -0.39 is 7.81 Å². The van der Waals surface area contributed by atoms with Gasteiger partial charge in [0.25, 0.3) is 0 Å². The van der Waals surface area contributed by atoms with Crippen LogP contribution in [0.1, 0.15) is 26.7 Å². The SMILES string of the molecule is CCN(CC)C(F)=[N+]1CCCC1.F[P-](F)(F)(F)(F)F. The fourth-order valence-electron chi connectivity index (χ4n) is 1.59. The standard InChI is InChI=1S/C9H18FN2.F6P/c1-3-11(4-2)9(10)12-7-5-6-8-12;1-7(2,3,4,5)6/h3-8H2,1-2H3;/q+1;-1. The first-order valence-corrected chi connectivity index (χ1v) is 7.86. The molecule has 1 saturated heterocycles. The summed E-state index contributed by atoms with van der Waals surface area (Å²) >= 11 is 0. The average Bonchev–Trinajstić information content (AvgIpc) is 2.67. The number of rotatable bonds is 2. The van der Waals surface area contributed by atoms with Crippen LogP contribution in [-0.2, 0) is 0 Å². The Balaban J connectivity index is 0.000000399. The number of halogens is 7. The van der Waals surface area contributed by atoms with Gasteiger partial charge in [-0.1, -0.05) is 0 Å². The first kappa shape index (κ1) is 18.4. The summed E-state index contributed by atoms with van der Waals surface area (Å²) in [5, 5.41) is 0. The first-order valence-electron chi connectivity index (χ1n) is 5.83. The van der Waals surface area contributed by atoms with Crippen LogP contribution in [0.2, 0.25) is 0 Å². The van der Waals surface area contributed by atoms with Crippen molar-refractivity contribution < 1.29 is 34.1 Å². The second kappa shape index (κ2) is 5.42. The number of hydrogen-bond acceptors (Lipinski definition) is 0. The molecule has 1 rings (SSSR count). The maximum absolute atomic E-state index is 13.5. The fourth-order valence-corrected chi connectivity index (χ4v) is 1.59. The zero-order chi connectivity index (χ0) is 15.4. The molecule has 1 aliphatic heterocycles. The summed E-state index contributed by atoms with van der Waals surface area (Å²) in [6.07, 6.45) is 2.24. The van der Waals surface area contributed by atoms with Crippen molar-refractivity contribution >= 4 is 13.9 Å². The van der Waals surface area contributed by atoms with Gasteiger partial charge in [-0.25, -0.2) is 9.48 Å². The third-order valence-electron chi connectivity index (χ3n) is 2.39. The van der Waals surface area contributed by atoms with E-state index in [1.165, 1.54) is 0 Å². The zero-order valence-electron chi connectivity index (χ0n) is 10.7. The summed E-state index contributed by atoms with van der Waals surface area (Å²) < 4.78 is 74.6. The molecule has 1 heterocycles. The van der Waals surface area contributed by atoms with Crippen molar-refractivity contribution in [3.63, 3.8) is 0 Å². The van der Waals surface area contributed by atoms with E-state index in [-0.39, 0.29) is 6.09 Å². The predicted molar refractivity (Wildman–Crippen MR) is 61.8 cm³/mol. The molecule has 10 heteroatoms. The molecule has 0 bridgehead atoms. The summed E-state index contributed by atoms with van der Waals surface area (Å²) in [5.41, 5.74) is 0. The third-order valence-corrected chi connectivity index (χ3v) is 2.39. The molecule has 19 heavy (non-hydrogen) atoms. The normalized spacial score (nSPS) is 19.1. The molecule has 0 unspecified atom stereocenters. The molecule has 0 N–H and O–H groups in total. The van der Waals surface area contributed by atoms with Crippen molar-refractivity contribution in [1.82, 2.24) is 4.90 Å². The fraction of sp³-hybridized carbons (Fsp3) is 0.889. The van der Waals surface area contributed by atoms with E-state index in [1.807, 2.05) is 18.4 Å². The summed E-state index contributed by atoms with van der Waals surface area (Å²) in [7, 11) is -10.7. The molecule has 0 amide bonds. The second-order valence-electron chi connectivity index (χ2n) is 4.09. The number of nitrogens with zero attached hydrogens (tertiary/aromatic N) is 2. The van der Waals surface area contributed by atoms with E-state index in [9.17, 15) is 29.6 Å². The molecule has 118 valence electrons. The van der Waals surface area contributed by atoms with Gasteiger partial charge >= 0.3 is 39.1 Å². The van der Waals surface area contributed by atoms with Crippen molar-refractivity contribution in [3.8, 4) is 0 Å². The van der Waals surface area contributed by atoms with E-state index in [2.05, 4.69) is 0 Å². The van der Waals surface area contributed by atoms with Crippen molar-refractivity contribution in [3.05, 3.63) is 0 Å². The van der Waals surface area contributed by atoms with Crippen molar-refractivity contribution in [2.45, 2.75) is 26.7 Å². The Bertz CT molecular complexity index is 311. The maximum atomic E-state index is 13.5. The molecule has 0 saturated carbocycles. The Morgan fingerprint density at radius 1 is 0.947 bits per heavy atom. The Hall–Kier alpha value is -0.590. The molecule has 0 radical (unpaired) electrons. The van der Waals surface area contributed by atoms with Crippen molar-refractivity contribution in [1.29, 1.82) is 0 Å². The molecule has 0 aromatic carbocycles. The molecule has 0 aliphatic carbocycles. The average molecular weight is 318 g/mol. The van der Waals surface area contributed by atoms with Crippen molar-refractivity contribution in [2.24, 2.45) is 0 Å². The Labute approximate surface area is 107 Å². The zero-order valence-corrected chi connectivity index (χ0v) is 11.6. The third kappa shape index (κ3) is 12.2. The van der Waals surface area contributed by atoms with Crippen LogP contribution in [0, 0.1) is 0 Å². The molecule has 0 aromatic heterocycles. The van der Waals surface area contributed by atoms with Crippen LogP contribution in [0.15, 0.2) is 0 Å². The van der Waals surface area contributed by atoms with Gasteiger partial charge in [-0.2, -0.15) is 0 Å². The topological polar surface area (TPSA) is 6.25 Å². The van der Waals surface area contributed by atoms with Gasteiger partial charge in [-0.3, -0.25) is 0 Å². The molecular weight excluding hydrogens is 300 g/mol. The van der Waals surface area contributed by atoms with Gasteiger partial charge in [0, 0.05) is 0 Å². The quantitative estimate of drug-likeness (QED) is 0.232. The summed E-state index contributed by atoms with van der Waals surface area (Å²) in [4.78, 5) is 1.77. The molecule has 1 aliphatic rings. The van der Waals surface area contributed by atoms with Crippen LogP contribution in [0.25, 0.3) is 0 Å². The van der Waals surface area contributed by atoms with E-state index >= 15 is 0 Å². The van der Waals surface area contributed by atoms with Gasteiger partial charge in [0.15, 0.2) is 0 Å². The second-order valence-corrected chi connectivity index (χ2v) is 6.01. The van der Waals surface area contributed by atoms with Crippen LogP contribution in [0.4, 0.5) is 29.6 Å². The Morgan fingerprint density at radius 3 is 1.53 bits per heavy atom. The Morgan fingerprint density at radius 2 is 1.26 bits per heavy atom. The van der Waals surface area contributed by atoms with E-state index in [1.54, 1.807) is 4.90 Å². The van der Waals surface area contributed by atoms with E-state index in [0.29, 0.717) is 0 Å². The number of hydrogen-bond donors (Lipinski definition) is 0. The van der Waals surface area contributed by atoms with Crippen LogP contribution >= 0.6 is 7.81 Å². The van der Waals surface area contributed by atoms with Crippen LogP contribution in [-0.4, -0.2) is 41.7 Å². The van der Waals surface area contributed by atoms with Gasteiger partial charge in [0.1, 0.15) is 0 Å². The van der Waals surface area contributed by atoms with Crippen molar-refractivity contribution in [2.75, 3.05) is 26.2 Å². The Kier molecular flexibility index (Phi) is 5.25. The van der Waals surface area contributed by atoms with Gasteiger partial charge in [0.05, 0.1) is 26.2 Å². The minimum absolute atomic E-state index is 0.0301. The minimum atomic E-state index is -10.7. The van der Waals surface area contributed by atoms with Crippen LogP contribution < -0.4 is 0 Å². The molecule has 2 nitrogen and oxygen atoms in total. The molecule has 0 aromatic rings. The number of amidine groups is 1. The molecule has 0 atom stereocenters. The van der Waals surface area contributed by atoms with E-state index in [4.69, 9.17) is 0 Å². The van der Waals surface area contributed by atoms with Crippen LogP contribution in [0.5, 0.6) is 0 Å². The van der Waals surface area contributed by atoms with Gasteiger partial charge in [0.2, 0.25) is 0 Å².